The van der Waals surface area contributed by atoms with Crippen LogP contribution in [0.1, 0.15) is 51.9 Å². The van der Waals surface area contributed by atoms with Gasteiger partial charge in [-0.05, 0) is 45.4 Å². The van der Waals surface area contributed by atoms with Crippen LogP contribution in [0, 0.1) is 18.3 Å². The molecule has 0 saturated carbocycles. The van der Waals surface area contributed by atoms with Crippen molar-refractivity contribution in [2.75, 3.05) is 25.0 Å². The average molecular weight is 385 g/mol. The van der Waals surface area contributed by atoms with Crippen molar-refractivity contribution in [3.8, 4) is 11.8 Å². The van der Waals surface area contributed by atoms with Gasteiger partial charge in [0, 0.05) is 13.1 Å². The van der Waals surface area contributed by atoms with Crippen LogP contribution in [0.5, 0.6) is 5.75 Å². The molecule has 1 N–H and O–H groups in total. The van der Waals surface area contributed by atoms with Crippen LogP contribution in [0.3, 0.4) is 0 Å². The number of nitrogens with one attached hydrogen (secondary N) is 1. The third-order valence-electron chi connectivity index (χ3n) is 4.16. The van der Waals surface area contributed by atoms with Crippen LogP contribution in [-0.2, 0) is 0 Å². The van der Waals surface area contributed by atoms with Crippen molar-refractivity contribution in [3.05, 3.63) is 45.8 Å². The Morgan fingerprint density at radius 1 is 1.22 bits per heavy atom. The fourth-order valence-electron chi connectivity index (χ4n) is 2.70. The van der Waals surface area contributed by atoms with Gasteiger partial charge >= 0.3 is 0 Å². The van der Waals surface area contributed by atoms with Gasteiger partial charge in [0.05, 0.1) is 22.6 Å². The molecular formula is C20H23N3O3S. The first-order chi connectivity index (χ1) is 13.0. The highest BCUT2D eigenvalue weighted by atomic mass is 32.1. The molecule has 0 atom stereocenters. The van der Waals surface area contributed by atoms with Crippen molar-refractivity contribution in [2.24, 2.45) is 0 Å². The zero-order chi connectivity index (χ0) is 20.0. The molecule has 2 rings (SSSR count). The van der Waals surface area contributed by atoms with Gasteiger partial charge < -0.3 is 15.0 Å². The second-order valence-electron chi connectivity index (χ2n) is 5.73. The molecule has 27 heavy (non-hydrogen) atoms. The van der Waals surface area contributed by atoms with Gasteiger partial charge in [0.2, 0.25) is 0 Å². The van der Waals surface area contributed by atoms with Crippen LogP contribution in [0.15, 0.2) is 24.3 Å². The first-order valence-corrected chi connectivity index (χ1v) is 9.65. The monoisotopic (exact) mass is 385 g/mol. The number of hydrogen-bond donors (Lipinski definition) is 1. The summed E-state index contributed by atoms with van der Waals surface area (Å²) in [6.45, 7) is 8.99. The molecule has 6 nitrogen and oxygen atoms in total. The third-order valence-corrected chi connectivity index (χ3v) is 5.36. The predicted octanol–water partition coefficient (Wildman–Crippen LogP) is 4.06. The number of nitriles is 1. The number of para-hydroxylation sites is 1. The highest BCUT2D eigenvalue weighted by Crippen LogP contribution is 2.34. The van der Waals surface area contributed by atoms with Crippen LogP contribution in [-0.4, -0.2) is 36.4 Å². The molecule has 0 bridgehead atoms. The van der Waals surface area contributed by atoms with Crippen LogP contribution in [0.25, 0.3) is 0 Å². The molecule has 0 aliphatic rings. The van der Waals surface area contributed by atoms with Gasteiger partial charge in [0.15, 0.2) is 0 Å². The fourth-order valence-corrected chi connectivity index (χ4v) is 3.82. The number of nitrogens with zero attached hydrogens (tertiary/aromatic N) is 2. The molecule has 0 radical (unpaired) electrons. The summed E-state index contributed by atoms with van der Waals surface area (Å²) < 4.78 is 5.50. The second kappa shape index (κ2) is 9.19. The predicted molar refractivity (Wildman–Crippen MR) is 107 cm³/mol. The Kier molecular flexibility index (Phi) is 6.97. The topological polar surface area (TPSA) is 82.4 Å². The number of carbonyl (C=O) groups excluding carboxylic acids is 2. The van der Waals surface area contributed by atoms with Gasteiger partial charge in [-0.2, -0.15) is 5.26 Å². The minimum absolute atomic E-state index is 0.130. The summed E-state index contributed by atoms with van der Waals surface area (Å²) in [5.74, 6) is -0.0309. The maximum absolute atomic E-state index is 12.7. The van der Waals surface area contributed by atoms with Gasteiger partial charge in [0.25, 0.3) is 11.8 Å². The summed E-state index contributed by atoms with van der Waals surface area (Å²) in [4.78, 5) is 27.6. The zero-order valence-corrected chi connectivity index (χ0v) is 16.8. The molecule has 1 aromatic carbocycles. The first-order valence-electron chi connectivity index (χ1n) is 8.84. The Morgan fingerprint density at radius 3 is 2.48 bits per heavy atom. The van der Waals surface area contributed by atoms with Gasteiger partial charge in [0.1, 0.15) is 16.8 Å². The summed E-state index contributed by atoms with van der Waals surface area (Å²) in [5.41, 5.74) is 1.29. The maximum atomic E-state index is 12.7. The van der Waals surface area contributed by atoms with Crippen molar-refractivity contribution in [3.63, 3.8) is 0 Å². The number of hydrogen-bond acceptors (Lipinski definition) is 5. The quantitative estimate of drug-likeness (QED) is 0.779. The summed E-state index contributed by atoms with van der Waals surface area (Å²) >= 11 is 1.13. The van der Waals surface area contributed by atoms with Crippen molar-refractivity contribution < 1.29 is 14.3 Å². The Bertz CT molecular complexity index is 879. The summed E-state index contributed by atoms with van der Waals surface area (Å²) in [7, 11) is 0. The Hall–Kier alpha value is -2.85. The van der Waals surface area contributed by atoms with E-state index in [9.17, 15) is 14.9 Å². The number of amides is 2. The van der Waals surface area contributed by atoms with Gasteiger partial charge in [-0.25, -0.2) is 0 Å². The number of ether oxygens (including phenoxy) is 1. The zero-order valence-electron chi connectivity index (χ0n) is 16.0. The Morgan fingerprint density at radius 2 is 1.89 bits per heavy atom. The van der Waals surface area contributed by atoms with E-state index < -0.39 is 0 Å². The molecule has 7 heteroatoms. The van der Waals surface area contributed by atoms with E-state index in [0.29, 0.717) is 52.0 Å². The van der Waals surface area contributed by atoms with E-state index in [1.165, 1.54) is 0 Å². The standard InChI is InChI=1S/C20H23N3O3S/c1-5-23(6-2)20(25)17-13(4)15(12-21)19(27-17)22-18(24)14-10-8-9-11-16(14)26-7-3/h8-11H,5-7H2,1-4H3,(H,22,24). The van der Waals surface area contributed by atoms with Crippen molar-refractivity contribution in [2.45, 2.75) is 27.7 Å². The minimum atomic E-state index is -0.376. The lowest BCUT2D eigenvalue weighted by Crippen LogP contribution is -2.30. The summed E-state index contributed by atoms with van der Waals surface area (Å²) in [6.07, 6.45) is 0. The molecule has 1 aromatic heterocycles. The molecule has 2 aromatic rings. The number of thiophene rings is 1. The highest BCUT2D eigenvalue weighted by Gasteiger charge is 2.24. The van der Waals surface area contributed by atoms with E-state index in [4.69, 9.17) is 4.74 Å². The lowest BCUT2D eigenvalue weighted by atomic mass is 10.1. The fraction of sp³-hybridized carbons (Fsp3) is 0.350. The lowest BCUT2D eigenvalue weighted by Gasteiger charge is -2.17. The smallest absolute Gasteiger partial charge is 0.264 e. The van der Waals surface area contributed by atoms with Crippen molar-refractivity contribution >= 4 is 28.2 Å². The molecule has 0 saturated heterocycles. The Balaban J connectivity index is 2.37. The van der Waals surface area contributed by atoms with E-state index >= 15 is 0 Å². The minimum Gasteiger partial charge on any atom is -0.493 e. The number of rotatable bonds is 7. The molecular weight excluding hydrogens is 362 g/mol. The normalized spacial score (nSPS) is 10.2. The molecule has 0 aliphatic carbocycles. The van der Waals surface area contributed by atoms with Crippen LogP contribution < -0.4 is 10.1 Å². The molecule has 0 aliphatic heterocycles. The SMILES string of the molecule is CCOc1ccccc1C(=O)Nc1sc(C(=O)N(CC)CC)c(C)c1C#N. The van der Waals surface area contributed by atoms with Gasteiger partial charge in [-0.1, -0.05) is 12.1 Å². The number of benzene rings is 1. The average Bonchev–Trinajstić information content (AvgIpc) is 2.98. The molecule has 0 unspecified atom stereocenters. The lowest BCUT2D eigenvalue weighted by molar-refractivity contribution is 0.0777. The summed E-state index contributed by atoms with van der Waals surface area (Å²) in [5, 5.41) is 12.7. The number of carbonyl (C=O) groups is 2. The highest BCUT2D eigenvalue weighted by molar-refractivity contribution is 7.18. The van der Waals surface area contributed by atoms with Gasteiger partial charge in [-0.15, -0.1) is 11.3 Å². The second-order valence-corrected chi connectivity index (χ2v) is 6.75. The van der Waals surface area contributed by atoms with E-state index in [0.717, 1.165) is 11.3 Å². The van der Waals surface area contributed by atoms with Crippen LogP contribution in [0.2, 0.25) is 0 Å². The molecule has 142 valence electrons. The van der Waals surface area contributed by atoms with Crippen molar-refractivity contribution in [1.82, 2.24) is 4.90 Å². The van der Waals surface area contributed by atoms with Crippen LogP contribution in [0.4, 0.5) is 5.00 Å². The summed E-state index contributed by atoms with van der Waals surface area (Å²) in [6, 6.07) is 9.02. The largest absolute Gasteiger partial charge is 0.493 e. The first kappa shape index (κ1) is 20.5. The van der Waals surface area contributed by atoms with E-state index in [2.05, 4.69) is 11.4 Å². The molecule has 2 amide bonds. The Labute approximate surface area is 163 Å². The van der Waals surface area contributed by atoms with E-state index in [1.807, 2.05) is 20.8 Å². The maximum Gasteiger partial charge on any atom is 0.264 e. The third kappa shape index (κ3) is 4.29. The molecule has 0 fully saturated rings. The van der Waals surface area contributed by atoms with E-state index in [1.54, 1.807) is 36.1 Å². The number of anilines is 1. The van der Waals surface area contributed by atoms with Gasteiger partial charge in [-0.3, -0.25) is 9.59 Å². The van der Waals surface area contributed by atoms with E-state index in [-0.39, 0.29) is 11.8 Å². The van der Waals surface area contributed by atoms with Crippen molar-refractivity contribution in [1.29, 1.82) is 5.26 Å². The van der Waals surface area contributed by atoms with Crippen LogP contribution >= 0.6 is 11.3 Å². The molecule has 0 spiro atoms. The molecule has 1 heterocycles.